The van der Waals surface area contributed by atoms with E-state index < -0.39 is 35.9 Å². The molecule has 214 valence electrons. The normalized spacial score (nSPS) is 14.2. The van der Waals surface area contributed by atoms with E-state index in [-0.39, 0.29) is 39.5 Å². The molecule has 3 N–H and O–H groups in total. The van der Waals surface area contributed by atoms with E-state index in [9.17, 15) is 33.0 Å². The van der Waals surface area contributed by atoms with Crippen molar-refractivity contribution >= 4 is 34.7 Å². The number of fused-ring (bicyclic) bond motifs is 1. The molecule has 0 aromatic heterocycles. The van der Waals surface area contributed by atoms with Crippen molar-refractivity contribution in [2.45, 2.75) is 26.4 Å². The third-order valence-electron chi connectivity index (χ3n) is 6.73. The minimum absolute atomic E-state index is 0.00453. The molecular weight excluding hydrogens is 554 g/mol. The third kappa shape index (κ3) is 5.40. The number of para-hydroxylation sites is 1. The van der Waals surface area contributed by atoms with Crippen LogP contribution in [0.2, 0.25) is 0 Å². The predicted molar refractivity (Wildman–Crippen MR) is 150 cm³/mol. The fourth-order valence-electron chi connectivity index (χ4n) is 4.94. The molecule has 0 atom stereocenters. The molecule has 5 rings (SSSR count). The lowest BCUT2D eigenvalue weighted by molar-refractivity contribution is -0.137. The van der Waals surface area contributed by atoms with Crippen molar-refractivity contribution < 1.29 is 37.4 Å². The SMILES string of the molecule is Cc1cc(C)cc(N2C(=O)C/C(=N\Nc3cccc(-c4cccc(C(=O)O)c4)c3O)c3c(F)cc(C(F)(F)F)cc32)c1. The van der Waals surface area contributed by atoms with E-state index in [2.05, 4.69) is 10.5 Å². The molecule has 0 saturated heterocycles. The van der Waals surface area contributed by atoms with Gasteiger partial charge >= 0.3 is 12.1 Å². The number of carboxylic acid groups (broad SMARTS) is 1. The minimum Gasteiger partial charge on any atom is -0.505 e. The molecule has 7 nitrogen and oxygen atoms in total. The number of rotatable bonds is 5. The summed E-state index contributed by atoms with van der Waals surface area (Å²) < 4.78 is 56.5. The maximum absolute atomic E-state index is 15.4. The number of aromatic hydroxyl groups is 1. The number of nitrogens with one attached hydrogen (secondary N) is 1. The number of aryl methyl sites for hydroxylation is 2. The first-order chi connectivity index (χ1) is 19.8. The fourth-order valence-corrected chi connectivity index (χ4v) is 4.94. The molecule has 0 spiro atoms. The van der Waals surface area contributed by atoms with E-state index in [4.69, 9.17) is 0 Å². The smallest absolute Gasteiger partial charge is 0.416 e. The van der Waals surface area contributed by atoms with Gasteiger partial charge in [0.2, 0.25) is 5.91 Å². The number of aromatic carboxylic acids is 1. The molecule has 1 amide bonds. The zero-order valence-corrected chi connectivity index (χ0v) is 22.3. The van der Waals surface area contributed by atoms with Crippen molar-refractivity contribution in [2.24, 2.45) is 5.10 Å². The third-order valence-corrected chi connectivity index (χ3v) is 6.73. The van der Waals surface area contributed by atoms with Gasteiger partial charge in [0.25, 0.3) is 0 Å². The summed E-state index contributed by atoms with van der Waals surface area (Å²) >= 11 is 0. The van der Waals surface area contributed by atoms with Crippen LogP contribution in [0.25, 0.3) is 11.1 Å². The van der Waals surface area contributed by atoms with Crippen molar-refractivity contribution in [2.75, 3.05) is 10.3 Å². The number of anilines is 3. The van der Waals surface area contributed by atoms with Gasteiger partial charge in [0.1, 0.15) is 11.6 Å². The summed E-state index contributed by atoms with van der Waals surface area (Å²) in [6, 6.07) is 16.6. The highest BCUT2D eigenvalue weighted by atomic mass is 19.4. The second kappa shape index (κ2) is 10.7. The monoisotopic (exact) mass is 577 g/mol. The van der Waals surface area contributed by atoms with Gasteiger partial charge in [-0.25, -0.2) is 9.18 Å². The number of alkyl halides is 3. The lowest BCUT2D eigenvalue weighted by Crippen LogP contribution is -2.35. The molecule has 0 radical (unpaired) electrons. The molecule has 1 aliphatic rings. The number of phenols is 1. The quantitative estimate of drug-likeness (QED) is 0.130. The van der Waals surface area contributed by atoms with Crippen LogP contribution in [0.5, 0.6) is 5.75 Å². The largest absolute Gasteiger partial charge is 0.505 e. The van der Waals surface area contributed by atoms with Crippen LogP contribution in [0.3, 0.4) is 0 Å². The van der Waals surface area contributed by atoms with Crippen molar-refractivity contribution in [3.63, 3.8) is 0 Å². The van der Waals surface area contributed by atoms with Crippen molar-refractivity contribution in [3.8, 4) is 16.9 Å². The molecular formula is C31H23F4N3O4. The molecule has 0 saturated carbocycles. The zero-order valence-electron chi connectivity index (χ0n) is 22.3. The van der Waals surface area contributed by atoms with Crippen molar-refractivity contribution in [1.82, 2.24) is 0 Å². The van der Waals surface area contributed by atoms with Gasteiger partial charge in [-0.05, 0) is 73.0 Å². The number of carbonyl (C=O) groups is 2. The minimum atomic E-state index is -4.87. The molecule has 11 heteroatoms. The van der Waals surface area contributed by atoms with Crippen LogP contribution in [0, 0.1) is 19.7 Å². The Morgan fingerprint density at radius 2 is 1.67 bits per heavy atom. The summed E-state index contributed by atoms with van der Waals surface area (Å²) in [6.07, 6.45) is -5.32. The van der Waals surface area contributed by atoms with Crippen LogP contribution >= 0.6 is 0 Å². The zero-order chi connectivity index (χ0) is 30.3. The molecule has 0 aliphatic carbocycles. The predicted octanol–water partition coefficient (Wildman–Crippen LogP) is 7.42. The first-order valence-corrected chi connectivity index (χ1v) is 12.6. The Bertz CT molecular complexity index is 1760. The Hall–Kier alpha value is -5.19. The highest BCUT2D eigenvalue weighted by Gasteiger charge is 2.38. The average molecular weight is 578 g/mol. The first-order valence-electron chi connectivity index (χ1n) is 12.6. The van der Waals surface area contributed by atoms with Gasteiger partial charge in [-0.2, -0.15) is 18.3 Å². The number of hydrogen-bond donors (Lipinski definition) is 3. The number of carbonyl (C=O) groups excluding carboxylic acids is 1. The number of amides is 1. The maximum atomic E-state index is 15.4. The Morgan fingerprint density at radius 1 is 0.976 bits per heavy atom. The summed E-state index contributed by atoms with van der Waals surface area (Å²) in [5, 5.41) is 24.4. The van der Waals surface area contributed by atoms with E-state index in [1.54, 1.807) is 44.2 Å². The van der Waals surface area contributed by atoms with E-state index in [0.29, 0.717) is 17.3 Å². The first kappa shape index (κ1) is 28.3. The Labute approximate surface area is 237 Å². The van der Waals surface area contributed by atoms with Crippen LogP contribution in [-0.4, -0.2) is 27.8 Å². The van der Waals surface area contributed by atoms with Crippen molar-refractivity contribution in [3.05, 3.63) is 106 Å². The summed E-state index contributed by atoms with van der Waals surface area (Å²) in [6.45, 7) is 3.54. The van der Waals surface area contributed by atoms with E-state index in [0.717, 1.165) is 22.1 Å². The Balaban J connectivity index is 1.60. The molecule has 1 heterocycles. The summed E-state index contributed by atoms with van der Waals surface area (Å²) in [4.78, 5) is 25.8. The molecule has 1 aliphatic heterocycles. The van der Waals surface area contributed by atoms with Gasteiger partial charge in [-0.1, -0.05) is 30.3 Å². The second-order valence-corrected chi connectivity index (χ2v) is 9.86. The molecule has 4 aromatic rings. The Kier molecular flexibility index (Phi) is 7.19. The van der Waals surface area contributed by atoms with E-state index in [1.807, 2.05) is 6.07 Å². The van der Waals surface area contributed by atoms with Gasteiger partial charge in [0.15, 0.2) is 0 Å². The molecule has 0 fully saturated rings. The topological polar surface area (TPSA) is 102 Å². The average Bonchev–Trinajstić information content (AvgIpc) is 2.91. The number of carboxylic acids is 1. The second-order valence-electron chi connectivity index (χ2n) is 9.86. The van der Waals surface area contributed by atoms with Gasteiger partial charge in [0.05, 0.1) is 40.2 Å². The summed E-state index contributed by atoms with van der Waals surface area (Å²) in [5.74, 6) is -3.30. The van der Waals surface area contributed by atoms with E-state index >= 15 is 4.39 Å². The van der Waals surface area contributed by atoms with Crippen LogP contribution < -0.4 is 10.3 Å². The lowest BCUT2D eigenvalue weighted by atomic mass is 9.95. The molecule has 0 unspecified atom stereocenters. The van der Waals surface area contributed by atoms with Crippen LogP contribution in [0.1, 0.15) is 39.0 Å². The fraction of sp³-hybridized carbons (Fsp3) is 0.129. The van der Waals surface area contributed by atoms with Gasteiger partial charge in [-0.15, -0.1) is 0 Å². The van der Waals surface area contributed by atoms with Crippen molar-refractivity contribution in [1.29, 1.82) is 0 Å². The molecule has 4 aromatic carbocycles. The number of benzene rings is 4. The van der Waals surface area contributed by atoms with Crippen LogP contribution in [0.15, 0.2) is 77.9 Å². The lowest BCUT2D eigenvalue weighted by Gasteiger charge is -2.31. The van der Waals surface area contributed by atoms with Gasteiger partial charge in [-0.3, -0.25) is 15.1 Å². The van der Waals surface area contributed by atoms with Gasteiger partial charge < -0.3 is 10.2 Å². The van der Waals surface area contributed by atoms with Crippen LogP contribution in [-0.2, 0) is 11.0 Å². The standard InChI is InChI=1S/C31H23F4N3O4/c1-16-9-17(2)11-21(10-16)38-26-14-20(31(33,34)35)13-23(32)28(26)25(15-27(38)39)37-36-24-8-4-7-22(29(24)40)18-5-3-6-19(12-18)30(41)42/h3-14,36,40H,15H2,1-2H3,(H,41,42)/b37-25+. The highest BCUT2D eigenvalue weighted by Crippen LogP contribution is 2.42. The Morgan fingerprint density at radius 3 is 2.33 bits per heavy atom. The number of hydrogen-bond acceptors (Lipinski definition) is 5. The van der Waals surface area contributed by atoms with Gasteiger partial charge in [0, 0.05) is 11.3 Å². The number of hydrazone groups is 1. The molecule has 0 bridgehead atoms. The number of nitrogens with zero attached hydrogens (tertiary/aromatic N) is 2. The maximum Gasteiger partial charge on any atom is 0.416 e. The highest BCUT2D eigenvalue weighted by molar-refractivity contribution is 6.24. The van der Waals surface area contributed by atoms with E-state index in [1.165, 1.54) is 24.3 Å². The summed E-state index contributed by atoms with van der Waals surface area (Å²) in [7, 11) is 0. The number of halogens is 4. The molecule has 42 heavy (non-hydrogen) atoms. The summed E-state index contributed by atoms with van der Waals surface area (Å²) in [5.41, 5.74) is 3.09. The number of phenolic OH excluding ortho intramolecular Hbond substituents is 1. The van der Waals surface area contributed by atoms with Crippen LogP contribution in [0.4, 0.5) is 34.6 Å².